The number of aliphatic carboxylic acids is 1. The second kappa shape index (κ2) is 6.41. The molecule has 0 amide bonds. The zero-order chi connectivity index (χ0) is 12.9. The molecule has 1 fully saturated rings. The van der Waals surface area contributed by atoms with Crippen LogP contribution in [0.2, 0.25) is 0 Å². The van der Waals surface area contributed by atoms with Gasteiger partial charge >= 0.3 is 5.97 Å². The van der Waals surface area contributed by atoms with Gasteiger partial charge in [-0.15, -0.1) is 0 Å². The lowest BCUT2D eigenvalue weighted by atomic mass is 9.75. The van der Waals surface area contributed by atoms with Crippen molar-refractivity contribution >= 4 is 17.6 Å². The molecule has 3 nitrogen and oxygen atoms in total. The lowest BCUT2D eigenvalue weighted by Gasteiger charge is -2.39. The predicted molar refractivity (Wildman–Crippen MR) is 70.3 cm³/mol. The maximum Gasteiger partial charge on any atom is 0.309 e. The molecular formula is C13H22ClNO2. The second-order valence-corrected chi connectivity index (χ2v) is 5.29. The van der Waals surface area contributed by atoms with Gasteiger partial charge < -0.3 is 5.11 Å². The van der Waals surface area contributed by atoms with Crippen molar-refractivity contribution < 1.29 is 9.90 Å². The maximum absolute atomic E-state index is 11.4. The van der Waals surface area contributed by atoms with Crippen LogP contribution in [0.5, 0.6) is 0 Å². The average Bonchev–Trinajstić information content (AvgIpc) is 2.31. The summed E-state index contributed by atoms with van der Waals surface area (Å²) in [6.07, 6.45) is 3.24. The monoisotopic (exact) mass is 259 g/mol. The summed E-state index contributed by atoms with van der Waals surface area (Å²) in [6, 6.07) is 0. The summed E-state index contributed by atoms with van der Waals surface area (Å²) in [6.45, 7) is 6.61. The summed E-state index contributed by atoms with van der Waals surface area (Å²) < 4.78 is 0. The van der Waals surface area contributed by atoms with Crippen LogP contribution in [0.3, 0.4) is 0 Å². The SMILES string of the molecule is CCCC1(C(=O)O)CCN(CC(C)=CCl)CC1. The van der Waals surface area contributed by atoms with Gasteiger partial charge in [0.2, 0.25) is 0 Å². The third kappa shape index (κ3) is 3.71. The van der Waals surface area contributed by atoms with Gasteiger partial charge in [0.15, 0.2) is 0 Å². The molecule has 17 heavy (non-hydrogen) atoms. The molecule has 0 unspecified atom stereocenters. The lowest BCUT2D eigenvalue weighted by molar-refractivity contribution is -0.152. The highest BCUT2D eigenvalue weighted by Gasteiger charge is 2.40. The maximum atomic E-state index is 11.4. The molecule has 1 aliphatic rings. The van der Waals surface area contributed by atoms with Crippen LogP contribution in [0.15, 0.2) is 11.1 Å². The summed E-state index contributed by atoms with van der Waals surface area (Å²) in [5, 5.41) is 9.38. The Kier molecular flexibility index (Phi) is 5.47. The van der Waals surface area contributed by atoms with Crippen LogP contribution in [0.25, 0.3) is 0 Å². The molecule has 0 aliphatic carbocycles. The van der Waals surface area contributed by atoms with Crippen molar-refractivity contribution in [3.05, 3.63) is 11.1 Å². The van der Waals surface area contributed by atoms with E-state index in [9.17, 15) is 9.90 Å². The lowest BCUT2D eigenvalue weighted by Crippen LogP contribution is -2.44. The van der Waals surface area contributed by atoms with Crippen LogP contribution in [-0.4, -0.2) is 35.6 Å². The molecule has 0 saturated carbocycles. The normalized spacial score (nSPS) is 21.5. The topological polar surface area (TPSA) is 40.5 Å². The van der Waals surface area contributed by atoms with Crippen LogP contribution >= 0.6 is 11.6 Å². The number of carboxylic acid groups (broad SMARTS) is 1. The molecule has 1 saturated heterocycles. The first-order valence-electron chi connectivity index (χ1n) is 6.25. The van der Waals surface area contributed by atoms with E-state index in [0.29, 0.717) is 0 Å². The molecule has 1 rings (SSSR count). The Morgan fingerprint density at radius 1 is 1.47 bits per heavy atom. The van der Waals surface area contributed by atoms with Crippen LogP contribution < -0.4 is 0 Å². The molecule has 0 aromatic rings. The van der Waals surface area contributed by atoms with Crippen molar-refractivity contribution in [3.63, 3.8) is 0 Å². The highest BCUT2D eigenvalue weighted by atomic mass is 35.5. The Hall–Kier alpha value is -0.540. The predicted octanol–water partition coefficient (Wildman–Crippen LogP) is 3.10. The standard InChI is InChI=1S/C13H22ClNO2/c1-3-4-13(12(16)17)5-7-15(8-6-13)10-11(2)9-14/h9H,3-8,10H2,1-2H3,(H,16,17). The smallest absolute Gasteiger partial charge is 0.309 e. The zero-order valence-corrected chi connectivity index (χ0v) is 11.5. The number of hydrogen-bond acceptors (Lipinski definition) is 2. The van der Waals surface area contributed by atoms with Gasteiger partial charge in [-0.05, 0) is 44.8 Å². The van der Waals surface area contributed by atoms with Gasteiger partial charge in [0.05, 0.1) is 5.41 Å². The molecule has 0 bridgehead atoms. The van der Waals surface area contributed by atoms with Crippen molar-refractivity contribution in [2.45, 2.75) is 39.5 Å². The van der Waals surface area contributed by atoms with Gasteiger partial charge in [0, 0.05) is 12.1 Å². The summed E-state index contributed by atoms with van der Waals surface area (Å²) in [7, 11) is 0. The Labute approximate surface area is 108 Å². The summed E-state index contributed by atoms with van der Waals surface area (Å²) >= 11 is 5.64. The van der Waals surface area contributed by atoms with Crippen molar-refractivity contribution in [2.75, 3.05) is 19.6 Å². The van der Waals surface area contributed by atoms with E-state index in [-0.39, 0.29) is 0 Å². The molecule has 1 heterocycles. The molecule has 0 aromatic heterocycles. The molecule has 98 valence electrons. The number of carbonyl (C=O) groups is 1. The summed E-state index contributed by atoms with van der Waals surface area (Å²) in [4.78, 5) is 13.7. The highest BCUT2D eigenvalue weighted by Crippen LogP contribution is 2.36. The molecule has 4 heteroatoms. The van der Waals surface area contributed by atoms with E-state index in [2.05, 4.69) is 11.8 Å². The highest BCUT2D eigenvalue weighted by molar-refractivity contribution is 6.25. The Morgan fingerprint density at radius 2 is 2.06 bits per heavy atom. The van der Waals surface area contributed by atoms with Crippen LogP contribution in [-0.2, 0) is 4.79 Å². The van der Waals surface area contributed by atoms with E-state index in [0.717, 1.165) is 50.9 Å². The molecule has 0 atom stereocenters. The van der Waals surface area contributed by atoms with E-state index in [4.69, 9.17) is 11.6 Å². The van der Waals surface area contributed by atoms with E-state index < -0.39 is 11.4 Å². The van der Waals surface area contributed by atoms with Crippen molar-refractivity contribution in [1.82, 2.24) is 4.90 Å². The Balaban J connectivity index is 2.55. The number of likely N-dealkylation sites (tertiary alicyclic amines) is 1. The number of rotatable bonds is 5. The van der Waals surface area contributed by atoms with E-state index in [1.807, 2.05) is 6.92 Å². The van der Waals surface area contributed by atoms with Gasteiger partial charge in [-0.1, -0.05) is 24.9 Å². The van der Waals surface area contributed by atoms with Crippen LogP contribution in [0.4, 0.5) is 0 Å². The molecule has 0 radical (unpaired) electrons. The molecule has 0 spiro atoms. The first-order chi connectivity index (χ1) is 8.04. The summed E-state index contributed by atoms with van der Waals surface area (Å²) in [5.41, 5.74) is 2.25. The minimum Gasteiger partial charge on any atom is -0.481 e. The number of hydrogen-bond donors (Lipinski definition) is 1. The number of halogens is 1. The third-order valence-electron chi connectivity index (χ3n) is 3.65. The fraction of sp³-hybridized carbons (Fsp3) is 0.769. The Bertz CT molecular complexity index is 294. The van der Waals surface area contributed by atoms with Crippen molar-refractivity contribution in [3.8, 4) is 0 Å². The van der Waals surface area contributed by atoms with E-state index >= 15 is 0 Å². The van der Waals surface area contributed by atoms with Gasteiger partial charge in [-0.25, -0.2) is 0 Å². The summed E-state index contributed by atoms with van der Waals surface area (Å²) in [5.74, 6) is -0.622. The molecule has 1 aliphatic heterocycles. The average molecular weight is 260 g/mol. The first kappa shape index (κ1) is 14.5. The van der Waals surface area contributed by atoms with Crippen molar-refractivity contribution in [1.29, 1.82) is 0 Å². The minimum atomic E-state index is -0.622. The second-order valence-electron chi connectivity index (χ2n) is 5.07. The fourth-order valence-electron chi connectivity index (χ4n) is 2.58. The van der Waals surface area contributed by atoms with Crippen LogP contribution in [0, 0.1) is 5.41 Å². The largest absolute Gasteiger partial charge is 0.481 e. The third-order valence-corrected chi connectivity index (χ3v) is 4.03. The van der Waals surface area contributed by atoms with E-state index in [1.54, 1.807) is 5.54 Å². The first-order valence-corrected chi connectivity index (χ1v) is 6.69. The number of piperidine rings is 1. The quantitative estimate of drug-likeness (QED) is 0.825. The van der Waals surface area contributed by atoms with Gasteiger partial charge in [-0.2, -0.15) is 0 Å². The number of nitrogens with zero attached hydrogens (tertiary/aromatic N) is 1. The van der Waals surface area contributed by atoms with E-state index in [1.165, 1.54) is 0 Å². The molecule has 1 N–H and O–H groups in total. The fourth-order valence-corrected chi connectivity index (χ4v) is 2.64. The Morgan fingerprint density at radius 3 is 2.47 bits per heavy atom. The van der Waals surface area contributed by atoms with Crippen LogP contribution in [0.1, 0.15) is 39.5 Å². The van der Waals surface area contributed by atoms with Gasteiger partial charge in [-0.3, -0.25) is 9.69 Å². The number of carboxylic acids is 1. The molecular weight excluding hydrogens is 238 g/mol. The minimum absolute atomic E-state index is 0.482. The van der Waals surface area contributed by atoms with Crippen molar-refractivity contribution in [2.24, 2.45) is 5.41 Å². The van der Waals surface area contributed by atoms with Gasteiger partial charge in [0.1, 0.15) is 0 Å². The molecule has 0 aromatic carbocycles. The zero-order valence-electron chi connectivity index (χ0n) is 10.7. The van der Waals surface area contributed by atoms with Gasteiger partial charge in [0.25, 0.3) is 0 Å².